The Hall–Kier alpha value is -1.82. The molecule has 1 unspecified atom stereocenters. The van der Waals surface area contributed by atoms with Crippen LogP contribution in [0, 0.1) is 5.92 Å². The highest BCUT2D eigenvalue weighted by atomic mass is 16.5. The first-order valence-electron chi connectivity index (χ1n) is 6.78. The van der Waals surface area contributed by atoms with Crippen LogP contribution in [0.4, 0.5) is 0 Å². The Balaban J connectivity index is 1.57. The van der Waals surface area contributed by atoms with Crippen molar-refractivity contribution in [1.29, 1.82) is 0 Å². The van der Waals surface area contributed by atoms with E-state index in [1.54, 1.807) is 6.07 Å². The van der Waals surface area contributed by atoms with Gasteiger partial charge in [-0.15, -0.1) is 0 Å². The number of carbonyl (C=O) groups is 2. The zero-order valence-corrected chi connectivity index (χ0v) is 11.0. The van der Waals surface area contributed by atoms with Crippen LogP contribution in [0.3, 0.4) is 0 Å². The number of nitrogens with one attached hydrogen (secondary N) is 1. The molecule has 6 heteroatoms. The topological polar surface area (TPSA) is 88.8 Å². The van der Waals surface area contributed by atoms with Gasteiger partial charge in [-0.25, -0.2) is 0 Å². The van der Waals surface area contributed by atoms with E-state index in [2.05, 4.69) is 5.32 Å². The number of aliphatic carboxylic acids is 1. The summed E-state index contributed by atoms with van der Waals surface area (Å²) >= 11 is 0. The van der Waals surface area contributed by atoms with Crippen molar-refractivity contribution in [3.63, 3.8) is 0 Å². The van der Waals surface area contributed by atoms with Crippen molar-refractivity contribution >= 4 is 11.9 Å². The zero-order valence-electron chi connectivity index (χ0n) is 11.0. The summed E-state index contributed by atoms with van der Waals surface area (Å²) in [6, 6.07) is 1.65. The number of furan rings is 1. The van der Waals surface area contributed by atoms with Crippen LogP contribution in [0.5, 0.6) is 0 Å². The Labute approximate surface area is 116 Å². The smallest absolute Gasteiger partial charge is 0.306 e. The molecule has 0 aromatic carbocycles. The molecule has 2 heterocycles. The van der Waals surface area contributed by atoms with Crippen LogP contribution in [-0.4, -0.2) is 35.2 Å². The first-order valence-corrected chi connectivity index (χ1v) is 6.78. The molecule has 2 fully saturated rings. The van der Waals surface area contributed by atoms with Gasteiger partial charge >= 0.3 is 5.97 Å². The van der Waals surface area contributed by atoms with Gasteiger partial charge in [-0.05, 0) is 31.7 Å². The Morgan fingerprint density at radius 1 is 1.35 bits per heavy atom. The van der Waals surface area contributed by atoms with Crippen molar-refractivity contribution in [3.8, 4) is 0 Å². The third-order valence-electron chi connectivity index (χ3n) is 4.20. The maximum atomic E-state index is 12.0. The molecule has 2 N–H and O–H groups in total. The van der Waals surface area contributed by atoms with E-state index in [9.17, 15) is 9.59 Å². The lowest BCUT2D eigenvalue weighted by Crippen LogP contribution is -2.56. The van der Waals surface area contributed by atoms with Gasteiger partial charge in [0.25, 0.3) is 5.91 Å². The third-order valence-corrected chi connectivity index (χ3v) is 4.20. The fourth-order valence-corrected chi connectivity index (χ4v) is 3.11. The summed E-state index contributed by atoms with van der Waals surface area (Å²) in [5, 5.41) is 11.9. The van der Waals surface area contributed by atoms with Crippen molar-refractivity contribution in [3.05, 3.63) is 24.2 Å². The van der Waals surface area contributed by atoms with Crippen LogP contribution < -0.4 is 5.32 Å². The SMILES string of the molecule is O=C(NC1CCOC2(C1)CC(C(=O)O)C2)c1ccoc1. The van der Waals surface area contributed by atoms with E-state index < -0.39 is 5.97 Å². The summed E-state index contributed by atoms with van der Waals surface area (Å²) in [6.45, 7) is 0.558. The lowest BCUT2D eigenvalue weighted by atomic mass is 9.66. The molecule has 108 valence electrons. The summed E-state index contributed by atoms with van der Waals surface area (Å²) in [6.07, 6.45) is 5.39. The fourth-order valence-electron chi connectivity index (χ4n) is 3.11. The van der Waals surface area contributed by atoms with Crippen LogP contribution in [0.25, 0.3) is 0 Å². The van der Waals surface area contributed by atoms with E-state index in [-0.39, 0.29) is 23.5 Å². The monoisotopic (exact) mass is 279 g/mol. The molecule has 3 rings (SSSR count). The highest BCUT2D eigenvalue weighted by Crippen LogP contribution is 2.46. The largest absolute Gasteiger partial charge is 0.481 e. The summed E-state index contributed by atoms with van der Waals surface area (Å²) < 4.78 is 10.6. The molecular weight excluding hydrogens is 262 g/mol. The number of amides is 1. The molecule has 1 aliphatic heterocycles. The van der Waals surface area contributed by atoms with E-state index in [1.807, 2.05) is 0 Å². The number of ether oxygens (including phenoxy) is 1. The summed E-state index contributed by atoms with van der Waals surface area (Å²) in [5.74, 6) is -1.22. The lowest BCUT2D eigenvalue weighted by molar-refractivity contribution is -0.181. The third kappa shape index (κ3) is 2.43. The van der Waals surface area contributed by atoms with Gasteiger partial charge in [0.2, 0.25) is 0 Å². The second-order valence-electron chi connectivity index (χ2n) is 5.65. The Morgan fingerprint density at radius 2 is 2.15 bits per heavy atom. The van der Waals surface area contributed by atoms with Crippen LogP contribution >= 0.6 is 0 Å². The molecule has 1 saturated heterocycles. The lowest BCUT2D eigenvalue weighted by Gasteiger charge is -2.50. The molecule has 1 spiro atoms. The van der Waals surface area contributed by atoms with Crippen molar-refractivity contribution < 1.29 is 23.8 Å². The summed E-state index contributed by atoms with van der Waals surface area (Å²) in [5.41, 5.74) is 0.151. The molecule has 1 aromatic heterocycles. The van der Waals surface area contributed by atoms with Gasteiger partial charge in [-0.2, -0.15) is 0 Å². The maximum Gasteiger partial charge on any atom is 0.306 e. The van der Waals surface area contributed by atoms with E-state index in [0.717, 1.165) is 6.42 Å². The minimum absolute atomic E-state index is 0.0286. The standard InChI is InChI=1S/C14H17NO5/c16-12(9-1-3-19-8-9)15-11-2-4-20-14(7-11)5-10(6-14)13(17)18/h1,3,8,10-11H,2,4-7H2,(H,15,16)(H,17,18). The highest BCUT2D eigenvalue weighted by Gasteiger charge is 2.51. The number of rotatable bonds is 3. The van der Waals surface area contributed by atoms with E-state index >= 15 is 0 Å². The van der Waals surface area contributed by atoms with Gasteiger partial charge in [-0.3, -0.25) is 9.59 Å². The van der Waals surface area contributed by atoms with Crippen LogP contribution in [-0.2, 0) is 9.53 Å². The maximum absolute atomic E-state index is 12.0. The Bertz CT molecular complexity index is 504. The van der Waals surface area contributed by atoms with E-state index in [0.29, 0.717) is 31.4 Å². The highest BCUT2D eigenvalue weighted by molar-refractivity contribution is 5.93. The molecule has 1 amide bonds. The fraction of sp³-hybridized carbons (Fsp3) is 0.571. The van der Waals surface area contributed by atoms with Gasteiger partial charge in [-0.1, -0.05) is 0 Å². The number of hydrogen-bond acceptors (Lipinski definition) is 4. The molecule has 2 aliphatic rings. The van der Waals surface area contributed by atoms with E-state index in [1.165, 1.54) is 12.5 Å². The number of hydrogen-bond donors (Lipinski definition) is 2. The molecule has 1 aliphatic carbocycles. The normalized spacial score (nSPS) is 32.6. The van der Waals surface area contributed by atoms with Gasteiger partial charge < -0.3 is 19.6 Å². The second-order valence-corrected chi connectivity index (χ2v) is 5.65. The molecule has 1 aromatic rings. The summed E-state index contributed by atoms with van der Waals surface area (Å²) in [4.78, 5) is 22.8. The van der Waals surface area contributed by atoms with Gasteiger partial charge in [0.05, 0.1) is 23.3 Å². The Morgan fingerprint density at radius 3 is 2.80 bits per heavy atom. The number of carboxylic acids is 1. The predicted molar refractivity (Wildman–Crippen MR) is 68.2 cm³/mol. The van der Waals surface area contributed by atoms with Crippen molar-refractivity contribution in [2.24, 2.45) is 5.92 Å². The molecule has 1 saturated carbocycles. The number of carboxylic acid groups (broad SMARTS) is 1. The van der Waals surface area contributed by atoms with Crippen LogP contribution in [0.2, 0.25) is 0 Å². The number of carbonyl (C=O) groups excluding carboxylic acids is 1. The van der Waals surface area contributed by atoms with Crippen molar-refractivity contribution in [2.75, 3.05) is 6.61 Å². The minimum Gasteiger partial charge on any atom is -0.481 e. The van der Waals surface area contributed by atoms with E-state index in [4.69, 9.17) is 14.3 Å². The Kier molecular flexibility index (Phi) is 3.25. The first-order chi connectivity index (χ1) is 9.58. The van der Waals surface area contributed by atoms with Crippen LogP contribution in [0.15, 0.2) is 23.0 Å². The molecule has 20 heavy (non-hydrogen) atoms. The zero-order chi connectivity index (χ0) is 14.2. The summed E-state index contributed by atoms with van der Waals surface area (Å²) in [7, 11) is 0. The van der Waals surface area contributed by atoms with Gasteiger partial charge in [0.15, 0.2) is 0 Å². The average molecular weight is 279 g/mol. The molecule has 1 atom stereocenters. The average Bonchev–Trinajstić information content (AvgIpc) is 2.89. The van der Waals surface area contributed by atoms with Crippen molar-refractivity contribution in [1.82, 2.24) is 5.32 Å². The van der Waals surface area contributed by atoms with Gasteiger partial charge in [0, 0.05) is 12.6 Å². The van der Waals surface area contributed by atoms with Crippen LogP contribution in [0.1, 0.15) is 36.0 Å². The second kappa shape index (κ2) is 4.94. The quantitative estimate of drug-likeness (QED) is 0.873. The molecule has 6 nitrogen and oxygen atoms in total. The first kappa shape index (κ1) is 13.2. The van der Waals surface area contributed by atoms with Crippen molar-refractivity contribution in [2.45, 2.75) is 37.3 Å². The minimum atomic E-state index is -0.760. The van der Waals surface area contributed by atoms with Gasteiger partial charge in [0.1, 0.15) is 6.26 Å². The molecule has 0 bridgehead atoms. The molecular formula is C14H17NO5. The molecule has 0 radical (unpaired) electrons. The predicted octanol–water partition coefficient (Wildman–Crippen LogP) is 1.42.